The maximum absolute atomic E-state index is 12.1. The fourth-order valence-electron chi connectivity index (χ4n) is 6.86. The summed E-state index contributed by atoms with van der Waals surface area (Å²) < 4.78 is 6.60. The largest absolute Gasteiger partial charge is 0.465 e. The predicted molar refractivity (Wildman–Crippen MR) is 165 cm³/mol. The summed E-state index contributed by atoms with van der Waals surface area (Å²) in [5.74, 6) is 1.93. The highest BCUT2D eigenvalue weighted by atomic mass is 16.5. The molecule has 0 bridgehead atoms. The summed E-state index contributed by atoms with van der Waals surface area (Å²) in [6, 6.07) is 21.9. The Labute approximate surface area is 247 Å². The summed E-state index contributed by atoms with van der Waals surface area (Å²) in [7, 11) is 1.38. The molecule has 2 aromatic carbocycles. The van der Waals surface area contributed by atoms with Gasteiger partial charge in [0, 0.05) is 17.8 Å². The van der Waals surface area contributed by atoms with Crippen LogP contribution in [0.4, 0.5) is 5.69 Å². The molecule has 1 atom stereocenters. The van der Waals surface area contributed by atoms with E-state index < -0.39 is 5.97 Å². The monoisotopic (exact) mass is 561 g/mol. The summed E-state index contributed by atoms with van der Waals surface area (Å²) in [6.07, 6.45) is 9.05. The van der Waals surface area contributed by atoms with E-state index >= 15 is 0 Å². The Morgan fingerprint density at radius 1 is 0.976 bits per heavy atom. The molecule has 216 valence electrons. The van der Waals surface area contributed by atoms with Gasteiger partial charge in [-0.25, -0.2) is 14.5 Å². The van der Waals surface area contributed by atoms with Gasteiger partial charge in [0.15, 0.2) is 5.82 Å². The van der Waals surface area contributed by atoms with Crippen molar-refractivity contribution in [2.75, 3.05) is 32.1 Å². The predicted octanol–water partition coefficient (Wildman–Crippen LogP) is 6.72. The number of aryl methyl sites for hydroxylation is 1. The van der Waals surface area contributed by atoms with Crippen molar-refractivity contribution < 1.29 is 9.53 Å². The Morgan fingerprint density at radius 2 is 1.76 bits per heavy atom. The Kier molecular flexibility index (Phi) is 7.28. The third kappa shape index (κ3) is 5.34. The number of ether oxygens (including phenoxy) is 1. The van der Waals surface area contributed by atoms with E-state index in [0.29, 0.717) is 23.0 Å². The number of methoxy groups -OCH3 is 1. The number of carbonyl (C=O) groups is 1. The molecule has 1 N–H and O–H groups in total. The normalized spacial score (nSPS) is 19.0. The van der Waals surface area contributed by atoms with Crippen molar-refractivity contribution in [2.24, 2.45) is 5.92 Å². The summed E-state index contributed by atoms with van der Waals surface area (Å²) in [6.45, 7) is 5.66. The molecule has 0 radical (unpaired) electrons. The maximum atomic E-state index is 12.1. The lowest BCUT2D eigenvalue weighted by atomic mass is 9.89. The van der Waals surface area contributed by atoms with Gasteiger partial charge in [-0.05, 0) is 111 Å². The molecule has 1 saturated heterocycles. The van der Waals surface area contributed by atoms with E-state index in [4.69, 9.17) is 9.72 Å². The molecular formula is C35H39N5O2. The third-order valence-corrected chi connectivity index (χ3v) is 9.41. The minimum atomic E-state index is -0.396. The zero-order valence-electron chi connectivity index (χ0n) is 24.6. The molecular weight excluding hydrogens is 522 g/mol. The van der Waals surface area contributed by atoms with Gasteiger partial charge in [-0.2, -0.15) is 5.10 Å². The lowest BCUT2D eigenvalue weighted by molar-refractivity contribution is 0.0600. The van der Waals surface area contributed by atoms with Crippen LogP contribution in [-0.2, 0) is 11.2 Å². The standard InChI is InChI=1S/C35H39N5O2/c1-23-30(35(41)42-2)21-36-40(23)33-8-4-7-31(38-33)29-6-3-5-27-13-16-32(34(27)29)37-28-14-11-25(12-15-28)26-17-19-39(20-18-26)22-24-9-10-24/h3-8,11-12,14-15,21,24,26,32,37H,9-10,13,16-20,22H2,1-2H3. The smallest absolute Gasteiger partial charge is 0.341 e. The average molecular weight is 562 g/mol. The van der Waals surface area contributed by atoms with Crippen molar-refractivity contribution >= 4 is 11.7 Å². The SMILES string of the molecule is COC(=O)c1cnn(-c2cccc(-c3cccc4c3C(Nc3ccc(C5CCN(CC6CC6)CC5)cc3)CC4)n2)c1C. The van der Waals surface area contributed by atoms with Crippen molar-refractivity contribution in [2.45, 2.75) is 57.4 Å². The topological polar surface area (TPSA) is 72.3 Å². The first kappa shape index (κ1) is 26.9. The van der Waals surface area contributed by atoms with Gasteiger partial charge in [0.2, 0.25) is 0 Å². The number of hydrogen-bond acceptors (Lipinski definition) is 6. The van der Waals surface area contributed by atoms with Crippen LogP contribution in [0.15, 0.2) is 66.9 Å². The van der Waals surface area contributed by atoms with Gasteiger partial charge in [0.05, 0.1) is 30.7 Å². The van der Waals surface area contributed by atoms with Gasteiger partial charge in [-0.15, -0.1) is 0 Å². The van der Waals surface area contributed by atoms with Crippen molar-refractivity contribution in [3.8, 4) is 17.1 Å². The molecule has 2 aromatic heterocycles. The quantitative estimate of drug-likeness (QED) is 0.241. The second-order valence-electron chi connectivity index (χ2n) is 12.2. The number of likely N-dealkylation sites (tertiary alicyclic amines) is 1. The number of carbonyl (C=O) groups excluding carboxylic acids is 1. The van der Waals surface area contributed by atoms with Gasteiger partial charge in [-0.1, -0.05) is 36.4 Å². The number of pyridine rings is 1. The van der Waals surface area contributed by atoms with E-state index in [1.165, 1.54) is 74.8 Å². The fourth-order valence-corrected chi connectivity index (χ4v) is 6.86. The van der Waals surface area contributed by atoms with Gasteiger partial charge in [0.25, 0.3) is 0 Å². The molecule has 0 amide bonds. The van der Waals surface area contributed by atoms with Crippen molar-refractivity contribution in [3.63, 3.8) is 0 Å². The van der Waals surface area contributed by atoms with Crippen LogP contribution in [0.1, 0.15) is 76.8 Å². The lowest BCUT2D eigenvalue weighted by Gasteiger charge is -2.32. The molecule has 42 heavy (non-hydrogen) atoms. The maximum Gasteiger partial charge on any atom is 0.341 e. The minimum absolute atomic E-state index is 0.218. The first-order valence-corrected chi connectivity index (χ1v) is 15.4. The zero-order chi connectivity index (χ0) is 28.6. The van der Waals surface area contributed by atoms with Crippen LogP contribution in [0.3, 0.4) is 0 Å². The van der Waals surface area contributed by atoms with Gasteiger partial charge < -0.3 is 15.0 Å². The lowest BCUT2D eigenvalue weighted by Crippen LogP contribution is -2.34. The van der Waals surface area contributed by atoms with E-state index in [2.05, 4.69) is 63.8 Å². The summed E-state index contributed by atoms with van der Waals surface area (Å²) >= 11 is 0. The van der Waals surface area contributed by atoms with Crippen molar-refractivity contribution in [1.29, 1.82) is 0 Å². The van der Waals surface area contributed by atoms with Crippen LogP contribution in [-0.4, -0.2) is 52.4 Å². The molecule has 2 fully saturated rings. The number of aromatic nitrogens is 3. The number of nitrogens with one attached hydrogen (secondary N) is 1. The number of piperidine rings is 1. The number of hydrogen-bond donors (Lipinski definition) is 1. The number of anilines is 1. The van der Waals surface area contributed by atoms with E-state index in [1.54, 1.807) is 10.9 Å². The first-order chi connectivity index (χ1) is 20.6. The highest BCUT2D eigenvalue weighted by molar-refractivity contribution is 5.90. The van der Waals surface area contributed by atoms with Crippen molar-refractivity contribution in [3.05, 3.63) is 94.8 Å². The molecule has 1 unspecified atom stereocenters. The molecule has 3 aliphatic rings. The molecule has 7 nitrogen and oxygen atoms in total. The summed E-state index contributed by atoms with van der Waals surface area (Å²) in [5.41, 5.74) is 8.52. The third-order valence-electron chi connectivity index (χ3n) is 9.41. The Balaban J connectivity index is 1.08. The number of rotatable bonds is 8. The Hall–Kier alpha value is -3.97. The molecule has 0 spiro atoms. The molecule has 7 heteroatoms. The van der Waals surface area contributed by atoms with Gasteiger partial charge in [-0.3, -0.25) is 0 Å². The highest BCUT2D eigenvalue weighted by Crippen LogP contribution is 2.41. The van der Waals surface area contributed by atoms with E-state index in [1.807, 2.05) is 19.1 Å². The highest BCUT2D eigenvalue weighted by Gasteiger charge is 2.29. The fraction of sp³-hybridized carbons (Fsp3) is 0.400. The van der Waals surface area contributed by atoms with E-state index in [0.717, 1.165) is 30.0 Å². The molecule has 2 aliphatic carbocycles. The van der Waals surface area contributed by atoms with E-state index in [-0.39, 0.29) is 6.04 Å². The molecule has 3 heterocycles. The van der Waals surface area contributed by atoms with E-state index in [9.17, 15) is 4.79 Å². The van der Waals surface area contributed by atoms with Crippen LogP contribution >= 0.6 is 0 Å². The van der Waals surface area contributed by atoms with Crippen LogP contribution in [0.2, 0.25) is 0 Å². The minimum Gasteiger partial charge on any atom is -0.465 e. The average Bonchev–Trinajstić information content (AvgIpc) is 3.63. The summed E-state index contributed by atoms with van der Waals surface area (Å²) in [4.78, 5) is 19.8. The summed E-state index contributed by atoms with van der Waals surface area (Å²) in [5, 5.41) is 8.28. The molecule has 1 aliphatic heterocycles. The van der Waals surface area contributed by atoms with Crippen molar-refractivity contribution in [1.82, 2.24) is 19.7 Å². The zero-order valence-corrected chi connectivity index (χ0v) is 24.6. The molecule has 1 saturated carbocycles. The molecule has 4 aromatic rings. The Bertz CT molecular complexity index is 1580. The van der Waals surface area contributed by atoms with Crippen LogP contribution < -0.4 is 5.32 Å². The van der Waals surface area contributed by atoms with Crippen LogP contribution in [0, 0.1) is 12.8 Å². The second kappa shape index (κ2) is 11.4. The van der Waals surface area contributed by atoms with Crippen LogP contribution in [0.5, 0.6) is 0 Å². The number of nitrogens with zero attached hydrogens (tertiary/aromatic N) is 4. The first-order valence-electron chi connectivity index (χ1n) is 15.4. The second-order valence-corrected chi connectivity index (χ2v) is 12.2. The number of benzene rings is 2. The van der Waals surface area contributed by atoms with Gasteiger partial charge >= 0.3 is 5.97 Å². The number of fused-ring (bicyclic) bond motifs is 1. The van der Waals surface area contributed by atoms with Gasteiger partial charge in [0.1, 0.15) is 5.56 Å². The Morgan fingerprint density at radius 3 is 2.52 bits per heavy atom. The van der Waals surface area contributed by atoms with Crippen LogP contribution in [0.25, 0.3) is 17.1 Å². The molecule has 7 rings (SSSR count). The number of esters is 1.